The highest BCUT2D eigenvalue weighted by Crippen LogP contribution is 2.46. The molecule has 1 amide bonds. The summed E-state index contributed by atoms with van der Waals surface area (Å²) >= 11 is 0. The van der Waals surface area contributed by atoms with Gasteiger partial charge in [0.15, 0.2) is 11.5 Å². The molecule has 0 aromatic heterocycles. The van der Waals surface area contributed by atoms with Gasteiger partial charge in [-0.25, -0.2) is 0 Å². The smallest absolute Gasteiger partial charge is 0.300 e. The van der Waals surface area contributed by atoms with Crippen LogP contribution in [-0.4, -0.2) is 44.2 Å². The van der Waals surface area contributed by atoms with Crippen molar-refractivity contribution in [3.05, 3.63) is 82.9 Å². The minimum atomic E-state index is -0.956. The fourth-order valence-corrected chi connectivity index (χ4v) is 4.68. The van der Waals surface area contributed by atoms with Gasteiger partial charge in [0.1, 0.15) is 17.3 Å². The van der Waals surface area contributed by atoms with E-state index in [1.165, 1.54) is 19.1 Å². The average molecular weight is 532 g/mol. The molecular formula is C31H33NO7. The number of ether oxygens (including phenoxy) is 4. The first-order chi connectivity index (χ1) is 18.9. The zero-order valence-electron chi connectivity index (χ0n) is 22.8. The van der Waals surface area contributed by atoms with Gasteiger partial charge in [-0.15, -0.1) is 0 Å². The Balaban J connectivity index is 1.94. The van der Waals surface area contributed by atoms with Crippen molar-refractivity contribution < 1.29 is 33.6 Å². The molecule has 1 unspecified atom stereocenters. The number of aliphatic hydroxyl groups is 1. The Morgan fingerprint density at radius 2 is 1.59 bits per heavy atom. The van der Waals surface area contributed by atoms with Crippen molar-refractivity contribution in [2.24, 2.45) is 0 Å². The molecule has 204 valence electrons. The van der Waals surface area contributed by atoms with Gasteiger partial charge >= 0.3 is 0 Å². The van der Waals surface area contributed by atoms with E-state index in [0.29, 0.717) is 53.0 Å². The van der Waals surface area contributed by atoms with Gasteiger partial charge in [0.25, 0.3) is 11.7 Å². The fourth-order valence-electron chi connectivity index (χ4n) is 4.68. The lowest BCUT2D eigenvalue weighted by Gasteiger charge is -2.27. The summed E-state index contributed by atoms with van der Waals surface area (Å²) in [6, 6.07) is 16.4. The molecule has 3 aromatic rings. The Hall–Kier alpha value is -4.46. The Morgan fingerprint density at radius 1 is 0.872 bits per heavy atom. The number of hydrogen-bond donors (Lipinski definition) is 1. The maximum atomic E-state index is 13.6. The number of methoxy groups -OCH3 is 2. The molecule has 1 aliphatic rings. The van der Waals surface area contributed by atoms with Crippen LogP contribution in [0, 0.1) is 6.92 Å². The van der Waals surface area contributed by atoms with Crippen molar-refractivity contribution in [3.63, 3.8) is 0 Å². The third-order valence-corrected chi connectivity index (χ3v) is 6.50. The lowest BCUT2D eigenvalue weighted by molar-refractivity contribution is -0.132. The first kappa shape index (κ1) is 27.6. The van der Waals surface area contributed by atoms with Crippen LogP contribution in [0.5, 0.6) is 23.0 Å². The van der Waals surface area contributed by atoms with Gasteiger partial charge in [0.05, 0.1) is 44.7 Å². The summed E-state index contributed by atoms with van der Waals surface area (Å²) in [6.07, 6.45) is 0.860. The van der Waals surface area contributed by atoms with E-state index in [9.17, 15) is 14.7 Å². The maximum Gasteiger partial charge on any atom is 0.300 e. The summed E-state index contributed by atoms with van der Waals surface area (Å²) < 4.78 is 22.5. The van der Waals surface area contributed by atoms with Gasteiger partial charge in [0.2, 0.25) is 0 Å². The van der Waals surface area contributed by atoms with E-state index >= 15 is 0 Å². The number of aliphatic hydroxyl groups excluding tert-OH is 1. The van der Waals surface area contributed by atoms with Crippen LogP contribution in [0.4, 0.5) is 5.69 Å². The number of benzene rings is 3. The van der Waals surface area contributed by atoms with Crippen molar-refractivity contribution in [2.75, 3.05) is 32.3 Å². The molecule has 1 saturated heterocycles. The first-order valence-corrected chi connectivity index (χ1v) is 12.8. The van der Waals surface area contributed by atoms with Crippen molar-refractivity contribution in [1.82, 2.24) is 0 Å². The van der Waals surface area contributed by atoms with Gasteiger partial charge in [-0.2, -0.15) is 0 Å². The first-order valence-electron chi connectivity index (χ1n) is 12.8. The van der Waals surface area contributed by atoms with Crippen molar-refractivity contribution in [2.45, 2.75) is 33.2 Å². The minimum Gasteiger partial charge on any atom is -0.507 e. The third kappa shape index (κ3) is 5.27. The highest BCUT2D eigenvalue weighted by Gasteiger charge is 2.48. The molecule has 4 rings (SSSR count). The topological polar surface area (TPSA) is 94.5 Å². The molecule has 1 atom stereocenters. The van der Waals surface area contributed by atoms with Crippen molar-refractivity contribution >= 4 is 23.1 Å². The van der Waals surface area contributed by atoms with E-state index in [2.05, 4.69) is 0 Å². The Kier molecular flexibility index (Phi) is 8.44. The fraction of sp³-hybridized carbons (Fsp3) is 0.290. The molecule has 0 aliphatic carbocycles. The summed E-state index contributed by atoms with van der Waals surface area (Å²) in [5.41, 5.74) is 2.12. The van der Waals surface area contributed by atoms with E-state index in [0.717, 1.165) is 12.0 Å². The Labute approximate surface area is 228 Å². The summed E-state index contributed by atoms with van der Waals surface area (Å²) in [5.74, 6) is 0.201. The number of anilines is 1. The maximum absolute atomic E-state index is 13.6. The number of aryl methyl sites for hydroxylation is 1. The van der Waals surface area contributed by atoms with E-state index in [4.69, 9.17) is 18.9 Å². The lowest BCUT2D eigenvalue weighted by atomic mass is 9.94. The summed E-state index contributed by atoms with van der Waals surface area (Å²) in [4.78, 5) is 28.5. The quantitative estimate of drug-likeness (QED) is 0.200. The summed E-state index contributed by atoms with van der Waals surface area (Å²) in [7, 11) is 3.03. The number of carbonyl (C=O) groups is 2. The Bertz CT molecular complexity index is 1410. The van der Waals surface area contributed by atoms with Crippen LogP contribution in [0.2, 0.25) is 0 Å². The highest BCUT2D eigenvalue weighted by atomic mass is 16.5. The molecule has 3 aromatic carbocycles. The van der Waals surface area contributed by atoms with Crippen LogP contribution < -0.4 is 23.8 Å². The molecule has 1 aliphatic heterocycles. The Morgan fingerprint density at radius 3 is 2.26 bits per heavy atom. The molecule has 0 spiro atoms. The van der Waals surface area contributed by atoms with E-state index in [1.807, 2.05) is 20.8 Å². The normalized spacial score (nSPS) is 16.3. The second-order valence-corrected chi connectivity index (χ2v) is 9.01. The number of ketones is 1. The minimum absolute atomic E-state index is 0.0415. The van der Waals surface area contributed by atoms with Gasteiger partial charge in [-0.1, -0.05) is 25.1 Å². The molecule has 0 bridgehead atoms. The number of para-hydroxylation sites is 2. The molecule has 0 radical (unpaired) electrons. The predicted molar refractivity (Wildman–Crippen MR) is 149 cm³/mol. The number of Topliss-reactive ketones (excluding diaryl/α,β-unsaturated/α-hetero) is 1. The number of nitrogens with zero attached hydrogens (tertiary/aromatic N) is 1. The zero-order chi connectivity index (χ0) is 28.1. The SMILES string of the molecule is CCCOc1ccc(/C(O)=C2/C(=O)C(=O)N(c3ccccc3OC)C2c2ccc(OC)c(OCC)c2)cc1C. The molecule has 0 saturated carbocycles. The molecule has 8 heteroatoms. The molecule has 8 nitrogen and oxygen atoms in total. The van der Waals surface area contributed by atoms with Gasteiger partial charge < -0.3 is 24.1 Å². The van der Waals surface area contributed by atoms with Crippen LogP contribution in [-0.2, 0) is 9.59 Å². The van der Waals surface area contributed by atoms with Gasteiger partial charge in [0, 0.05) is 5.56 Å². The predicted octanol–water partition coefficient (Wildman–Crippen LogP) is 5.83. The second kappa shape index (κ2) is 11.9. The third-order valence-electron chi connectivity index (χ3n) is 6.50. The number of hydrogen-bond acceptors (Lipinski definition) is 7. The van der Waals surface area contributed by atoms with Crippen LogP contribution in [0.3, 0.4) is 0 Å². The number of rotatable bonds is 10. The van der Waals surface area contributed by atoms with E-state index in [-0.39, 0.29) is 11.3 Å². The van der Waals surface area contributed by atoms with Gasteiger partial charge in [-0.3, -0.25) is 14.5 Å². The zero-order valence-corrected chi connectivity index (χ0v) is 22.8. The largest absolute Gasteiger partial charge is 0.507 e. The molecular weight excluding hydrogens is 498 g/mol. The van der Waals surface area contributed by atoms with Crippen molar-refractivity contribution in [3.8, 4) is 23.0 Å². The lowest BCUT2D eigenvalue weighted by Crippen LogP contribution is -2.29. The van der Waals surface area contributed by atoms with Crippen LogP contribution >= 0.6 is 0 Å². The van der Waals surface area contributed by atoms with Gasteiger partial charge in [-0.05, 0) is 73.9 Å². The molecule has 1 heterocycles. The van der Waals surface area contributed by atoms with Crippen LogP contribution in [0.15, 0.2) is 66.2 Å². The van der Waals surface area contributed by atoms with E-state index in [1.54, 1.807) is 60.7 Å². The van der Waals surface area contributed by atoms with E-state index < -0.39 is 17.7 Å². The summed E-state index contributed by atoms with van der Waals surface area (Å²) in [6.45, 7) is 6.69. The highest BCUT2D eigenvalue weighted by molar-refractivity contribution is 6.52. The molecule has 1 fully saturated rings. The van der Waals surface area contributed by atoms with Crippen LogP contribution in [0.25, 0.3) is 5.76 Å². The second-order valence-electron chi connectivity index (χ2n) is 9.01. The number of amides is 1. The monoisotopic (exact) mass is 531 g/mol. The average Bonchev–Trinajstić information content (AvgIpc) is 3.21. The molecule has 1 N–H and O–H groups in total. The standard InChI is InChI=1S/C31H33NO7/c1-6-16-39-23-14-13-21(17-19(23)3)29(33)27-28(20-12-15-25(37-5)26(18-20)38-7-2)32(31(35)30(27)34)22-10-8-9-11-24(22)36-4/h8-15,17-18,28,33H,6-7,16H2,1-5H3/b29-27-. The number of carbonyl (C=O) groups excluding carboxylic acids is 2. The van der Waals surface area contributed by atoms with Crippen LogP contribution in [0.1, 0.15) is 43.0 Å². The van der Waals surface area contributed by atoms with Crippen molar-refractivity contribution in [1.29, 1.82) is 0 Å². The molecule has 39 heavy (non-hydrogen) atoms. The summed E-state index contributed by atoms with van der Waals surface area (Å²) in [5, 5.41) is 11.5.